The van der Waals surface area contributed by atoms with Crippen molar-refractivity contribution in [2.75, 3.05) is 42.3 Å². The molecule has 6 nitrogen and oxygen atoms in total. The van der Waals surface area contributed by atoms with Crippen LogP contribution in [0.3, 0.4) is 0 Å². The van der Waals surface area contributed by atoms with Crippen molar-refractivity contribution in [2.24, 2.45) is 0 Å². The van der Waals surface area contributed by atoms with Crippen molar-refractivity contribution in [1.82, 2.24) is 9.97 Å². The molecule has 1 aromatic heterocycles. The summed E-state index contributed by atoms with van der Waals surface area (Å²) in [6.07, 6.45) is 1.55. The standard InChI is InChI=1S/C17H20N4O2S/c1-13-3-2-4-14(9-13)20-16(22)11-24-17-10-15(18-12-19-17)21-5-7-23-8-6-21/h2-4,9-10,12H,5-8,11H2,1H3,(H,20,22). The maximum Gasteiger partial charge on any atom is 0.234 e. The number of nitrogens with one attached hydrogen (secondary N) is 1. The maximum atomic E-state index is 12.1. The Hall–Kier alpha value is -2.12. The third kappa shape index (κ3) is 4.69. The van der Waals surface area contributed by atoms with E-state index in [1.54, 1.807) is 6.33 Å². The fourth-order valence-corrected chi connectivity index (χ4v) is 3.10. The van der Waals surface area contributed by atoms with E-state index in [-0.39, 0.29) is 5.91 Å². The summed E-state index contributed by atoms with van der Waals surface area (Å²) in [6.45, 7) is 5.08. The zero-order valence-corrected chi connectivity index (χ0v) is 14.4. The largest absolute Gasteiger partial charge is 0.378 e. The van der Waals surface area contributed by atoms with Crippen LogP contribution in [0.2, 0.25) is 0 Å². The van der Waals surface area contributed by atoms with E-state index in [1.165, 1.54) is 11.8 Å². The fourth-order valence-electron chi connectivity index (χ4n) is 2.43. The molecule has 0 spiro atoms. The van der Waals surface area contributed by atoms with Gasteiger partial charge in [-0.05, 0) is 24.6 Å². The third-order valence-electron chi connectivity index (χ3n) is 3.62. The quantitative estimate of drug-likeness (QED) is 0.663. The number of hydrogen-bond donors (Lipinski definition) is 1. The molecule has 1 saturated heterocycles. The molecule has 2 aromatic rings. The summed E-state index contributed by atoms with van der Waals surface area (Å²) < 4.78 is 5.35. The van der Waals surface area contributed by atoms with Crippen LogP contribution in [0.1, 0.15) is 5.56 Å². The Morgan fingerprint density at radius 3 is 2.92 bits per heavy atom. The fraction of sp³-hybridized carbons (Fsp3) is 0.353. The molecule has 0 saturated carbocycles. The van der Waals surface area contributed by atoms with Crippen LogP contribution < -0.4 is 10.2 Å². The zero-order chi connectivity index (χ0) is 16.8. The highest BCUT2D eigenvalue weighted by Gasteiger charge is 2.13. The Kier molecular flexibility index (Phi) is 5.66. The lowest BCUT2D eigenvalue weighted by Gasteiger charge is -2.27. The average molecular weight is 344 g/mol. The summed E-state index contributed by atoms with van der Waals surface area (Å²) in [5.41, 5.74) is 1.93. The summed E-state index contributed by atoms with van der Waals surface area (Å²) in [4.78, 5) is 22.8. The van der Waals surface area contributed by atoms with Crippen LogP contribution in [0, 0.1) is 6.92 Å². The van der Waals surface area contributed by atoms with Gasteiger partial charge in [0.25, 0.3) is 0 Å². The second-order valence-electron chi connectivity index (χ2n) is 5.52. The van der Waals surface area contributed by atoms with E-state index in [4.69, 9.17) is 4.74 Å². The summed E-state index contributed by atoms with van der Waals surface area (Å²) >= 11 is 1.41. The molecule has 3 rings (SSSR count). The molecular weight excluding hydrogens is 324 g/mol. The van der Waals surface area contributed by atoms with Crippen molar-refractivity contribution in [1.29, 1.82) is 0 Å². The first kappa shape index (κ1) is 16.7. The van der Waals surface area contributed by atoms with Crippen molar-refractivity contribution in [3.8, 4) is 0 Å². The Balaban J connectivity index is 1.55. The van der Waals surface area contributed by atoms with Crippen LogP contribution in [-0.2, 0) is 9.53 Å². The number of thioether (sulfide) groups is 1. The second kappa shape index (κ2) is 8.12. The predicted octanol–water partition coefficient (Wildman–Crippen LogP) is 2.35. The lowest BCUT2D eigenvalue weighted by atomic mass is 10.2. The van der Waals surface area contributed by atoms with Crippen molar-refractivity contribution in [3.63, 3.8) is 0 Å². The van der Waals surface area contributed by atoms with Crippen molar-refractivity contribution in [2.45, 2.75) is 11.9 Å². The van der Waals surface area contributed by atoms with Gasteiger partial charge < -0.3 is 15.0 Å². The van der Waals surface area contributed by atoms with Crippen molar-refractivity contribution >= 4 is 29.2 Å². The number of hydrogen-bond acceptors (Lipinski definition) is 6. The minimum Gasteiger partial charge on any atom is -0.378 e. The van der Waals surface area contributed by atoms with Gasteiger partial charge in [-0.2, -0.15) is 0 Å². The minimum atomic E-state index is -0.0443. The molecule has 0 radical (unpaired) electrons. The van der Waals surface area contributed by atoms with Crippen LogP contribution in [0.25, 0.3) is 0 Å². The number of carbonyl (C=O) groups is 1. The maximum absolute atomic E-state index is 12.1. The van der Waals surface area contributed by atoms with Gasteiger partial charge >= 0.3 is 0 Å². The third-order valence-corrected chi connectivity index (χ3v) is 4.54. The lowest BCUT2D eigenvalue weighted by molar-refractivity contribution is -0.113. The number of ether oxygens (including phenoxy) is 1. The average Bonchev–Trinajstić information content (AvgIpc) is 2.61. The number of morpholine rings is 1. The number of rotatable bonds is 5. The van der Waals surface area contributed by atoms with E-state index in [1.807, 2.05) is 37.3 Å². The molecule has 0 bridgehead atoms. The van der Waals surface area contributed by atoms with Gasteiger partial charge in [-0.1, -0.05) is 23.9 Å². The van der Waals surface area contributed by atoms with E-state index in [2.05, 4.69) is 20.2 Å². The van der Waals surface area contributed by atoms with Gasteiger partial charge in [0.05, 0.1) is 19.0 Å². The first-order valence-electron chi connectivity index (χ1n) is 7.85. The molecule has 1 fully saturated rings. The molecule has 1 aliphatic rings. The van der Waals surface area contributed by atoms with Crippen LogP contribution >= 0.6 is 11.8 Å². The molecule has 2 heterocycles. The van der Waals surface area contributed by atoms with E-state index >= 15 is 0 Å². The van der Waals surface area contributed by atoms with Gasteiger partial charge in [-0.15, -0.1) is 0 Å². The number of aromatic nitrogens is 2. The summed E-state index contributed by atoms with van der Waals surface area (Å²) in [6, 6.07) is 9.69. The molecule has 0 atom stereocenters. The number of amides is 1. The number of aryl methyl sites for hydroxylation is 1. The molecule has 1 amide bonds. The molecule has 126 valence electrons. The molecule has 0 unspecified atom stereocenters. The van der Waals surface area contributed by atoms with Gasteiger partial charge in [0.2, 0.25) is 5.91 Å². The first-order chi connectivity index (χ1) is 11.7. The predicted molar refractivity (Wildman–Crippen MR) is 95.6 cm³/mol. The van der Waals surface area contributed by atoms with E-state index < -0.39 is 0 Å². The topological polar surface area (TPSA) is 67.4 Å². The monoisotopic (exact) mass is 344 g/mol. The molecular formula is C17H20N4O2S. The highest BCUT2D eigenvalue weighted by Crippen LogP contribution is 2.20. The van der Waals surface area contributed by atoms with Crippen molar-refractivity contribution < 1.29 is 9.53 Å². The highest BCUT2D eigenvalue weighted by atomic mass is 32.2. The Morgan fingerprint density at radius 1 is 1.29 bits per heavy atom. The number of nitrogens with zero attached hydrogens (tertiary/aromatic N) is 3. The summed E-state index contributed by atoms with van der Waals surface area (Å²) in [5, 5.41) is 3.70. The van der Waals surface area contributed by atoms with Crippen LogP contribution in [0.5, 0.6) is 0 Å². The SMILES string of the molecule is Cc1cccc(NC(=O)CSc2cc(N3CCOCC3)ncn2)c1. The number of carbonyl (C=O) groups excluding carboxylic acids is 1. The Bertz CT molecular complexity index is 704. The summed E-state index contributed by atoms with van der Waals surface area (Å²) in [7, 11) is 0. The molecule has 1 aromatic carbocycles. The highest BCUT2D eigenvalue weighted by molar-refractivity contribution is 7.99. The van der Waals surface area contributed by atoms with Crippen LogP contribution in [-0.4, -0.2) is 47.9 Å². The van der Waals surface area contributed by atoms with Crippen LogP contribution in [0.15, 0.2) is 41.7 Å². The molecule has 24 heavy (non-hydrogen) atoms. The van der Waals surface area contributed by atoms with Gasteiger partial charge in [0, 0.05) is 24.8 Å². The lowest BCUT2D eigenvalue weighted by Crippen LogP contribution is -2.36. The van der Waals surface area contributed by atoms with Gasteiger partial charge in [-0.25, -0.2) is 9.97 Å². The summed E-state index contributed by atoms with van der Waals surface area (Å²) in [5.74, 6) is 1.15. The zero-order valence-electron chi connectivity index (χ0n) is 13.6. The second-order valence-corrected chi connectivity index (χ2v) is 6.52. The number of benzene rings is 1. The first-order valence-corrected chi connectivity index (χ1v) is 8.83. The van der Waals surface area contributed by atoms with Gasteiger partial charge in [0.15, 0.2) is 0 Å². The minimum absolute atomic E-state index is 0.0443. The van der Waals surface area contributed by atoms with Crippen LogP contribution in [0.4, 0.5) is 11.5 Å². The smallest absolute Gasteiger partial charge is 0.234 e. The van der Waals surface area contributed by atoms with E-state index in [0.29, 0.717) is 19.0 Å². The Morgan fingerprint density at radius 2 is 2.12 bits per heavy atom. The van der Waals surface area contributed by atoms with E-state index in [9.17, 15) is 4.79 Å². The van der Waals surface area contributed by atoms with Crippen molar-refractivity contribution in [3.05, 3.63) is 42.2 Å². The molecule has 0 aliphatic carbocycles. The Labute approximate surface area is 145 Å². The van der Waals surface area contributed by atoms with E-state index in [0.717, 1.165) is 35.2 Å². The van der Waals surface area contributed by atoms with Gasteiger partial charge in [-0.3, -0.25) is 4.79 Å². The van der Waals surface area contributed by atoms with Gasteiger partial charge in [0.1, 0.15) is 17.2 Å². The normalized spacial score (nSPS) is 14.5. The molecule has 7 heteroatoms. The number of anilines is 2. The molecule has 1 N–H and O–H groups in total. The molecule has 1 aliphatic heterocycles.